The second-order valence-corrected chi connectivity index (χ2v) is 6.28. The van der Waals surface area contributed by atoms with Crippen molar-refractivity contribution in [3.8, 4) is 11.4 Å². The molecule has 0 fully saturated rings. The summed E-state index contributed by atoms with van der Waals surface area (Å²) in [6, 6.07) is 5.68. The van der Waals surface area contributed by atoms with Crippen molar-refractivity contribution in [3.05, 3.63) is 28.5 Å². The van der Waals surface area contributed by atoms with Crippen LogP contribution in [0.4, 0.5) is 0 Å². The minimum absolute atomic E-state index is 0.00237. The van der Waals surface area contributed by atoms with Gasteiger partial charge < -0.3 is 10.1 Å². The van der Waals surface area contributed by atoms with Crippen molar-refractivity contribution in [3.63, 3.8) is 0 Å². The van der Waals surface area contributed by atoms with Crippen LogP contribution < -0.4 is 10.1 Å². The fraction of sp³-hybridized carbons (Fsp3) is 0.462. The van der Waals surface area contributed by atoms with Crippen LogP contribution in [0.1, 0.15) is 26.6 Å². The molecule has 7 heteroatoms. The number of ether oxygens (including phenoxy) is 1. The first-order chi connectivity index (χ1) is 9.40. The Balaban J connectivity index is 2.32. The van der Waals surface area contributed by atoms with E-state index < -0.39 is 0 Å². The average Bonchev–Trinajstić information content (AvgIpc) is 2.84. The van der Waals surface area contributed by atoms with Crippen LogP contribution in [0.5, 0.6) is 5.75 Å². The lowest BCUT2D eigenvalue weighted by molar-refractivity contribution is 0.411. The van der Waals surface area contributed by atoms with Gasteiger partial charge in [-0.15, -0.1) is 5.10 Å². The zero-order valence-corrected chi connectivity index (χ0v) is 13.6. The highest BCUT2D eigenvalue weighted by Crippen LogP contribution is 2.25. The van der Waals surface area contributed by atoms with E-state index in [0.717, 1.165) is 21.7 Å². The molecule has 0 aliphatic rings. The summed E-state index contributed by atoms with van der Waals surface area (Å²) in [5.41, 5.74) is 0.850. The van der Waals surface area contributed by atoms with Crippen LogP contribution in [0.3, 0.4) is 0 Å². The Kier molecular flexibility index (Phi) is 4.39. The van der Waals surface area contributed by atoms with Crippen LogP contribution >= 0.6 is 15.9 Å². The largest absolute Gasteiger partial charge is 0.497 e. The molecule has 1 heterocycles. The second-order valence-electron chi connectivity index (χ2n) is 5.43. The molecular formula is C13H18BrN5O. The van der Waals surface area contributed by atoms with E-state index in [4.69, 9.17) is 4.74 Å². The lowest BCUT2D eigenvalue weighted by Gasteiger charge is -2.20. The molecule has 0 radical (unpaired) electrons. The smallest absolute Gasteiger partial charge is 0.170 e. The third-order valence-electron chi connectivity index (χ3n) is 2.69. The molecule has 0 atom stereocenters. The fourth-order valence-corrected chi connectivity index (χ4v) is 2.04. The van der Waals surface area contributed by atoms with Crippen molar-refractivity contribution in [1.29, 1.82) is 0 Å². The molecular weight excluding hydrogens is 322 g/mol. The van der Waals surface area contributed by atoms with E-state index >= 15 is 0 Å². The minimum Gasteiger partial charge on any atom is -0.497 e. The van der Waals surface area contributed by atoms with Crippen molar-refractivity contribution in [2.24, 2.45) is 0 Å². The minimum atomic E-state index is 0.00237. The van der Waals surface area contributed by atoms with E-state index in [9.17, 15) is 0 Å². The van der Waals surface area contributed by atoms with Gasteiger partial charge in [0.15, 0.2) is 5.82 Å². The SMILES string of the molecule is COc1ccc(Br)c(-n2nnnc2CNC(C)(C)C)c1. The molecule has 6 nitrogen and oxygen atoms in total. The summed E-state index contributed by atoms with van der Waals surface area (Å²) in [6.07, 6.45) is 0. The quantitative estimate of drug-likeness (QED) is 0.925. The zero-order chi connectivity index (χ0) is 14.8. The van der Waals surface area contributed by atoms with Crippen molar-refractivity contribution in [2.75, 3.05) is 7.11 Å². The van der Waals surface area contributed by atoms with E-state index in [-0.39, 0.29) is 5.54 Å². The van der Waals surface area contributed by atoms with E-state index in [0.29, 0.717) is 6.54 Å². The average molecular weight is 340 g/mol. The second kappa shape index (κ2) is 5.88. The van der Waals surface area contributed by atoms with Crippen LogP contribution in [0.15, 0.2) is 22.7 Å². The maximum atomic E-state index is 5.24. The van der Waals surface area contributed by atoms with Gasteiger partial charge in [0.2, 0.25) is 0 Å². The maximum absolute atomic E-state index is 5.24. The first-order valence-corrected chi connectivity index (χ1v) is 7.06. The molecule has 0 bridgehead atoms. The summed E-state index contributed by atoms with van der Waals surface area (Å²) in [7, 11) is 1.63. The Morgan fingerprint density at radius 1 is 1.35 bits per heavy atom. The Labute approximate surface area is 126 Å². The molecule has 1 aromatic heterocycles. The number of hydrogen-bond acceptors (Lipinski definition) is 5. The number of rotatable bonds is 4. The molecule has 0 amide bonds. The van der Waals surface area contributed by atoms with E-state index in [1.165, 1.54) is 0 Å². The maximum Gasteiger partial charge on any atom is 0.170 e. The van der Waals surface area contributed by atoms with Gasteiger partial charge >= 0.3 is 0 Å². The Morgan fingerprint density at radius 2 is 2.10 bits per heavy atom. The number of hydrogen-bond donors (Lipinski definition) is 1. The monoisotopic (exact) mass is 339 g/mol. The predicted octanol–water partition coefficient (Wildman–Crippen LogP) is 2.32. The fourth-order valence-electron chi connectivity index (χ4n) is 1.63. The molecule has 2 rings (SSSR count). The van der Waals surface area contributed by atoms with Gasteiger partial charge in [0, 0.05) is 16.1 Å². The third-order valence-corrected chi connectivity index (χ3v) is 3.36. The van der Waals surface area contributed by atoms with Crippen LogP contribution in [-0.2, 0) is 6.54 Å². The van der Waals surface area contributed by atoms with Gasteiger partial charge in [0.1, 0.15) is 5.75 Å². The number of nitrogens with one attached hydrogen (secondary N) is 1. The van der Waals surface area contributed by atoms with Crippen molar-refractivity contribution in [2.45, 2.75) is 32.9 Å². The summed E-state index contributed by atoms with van der Waals surface area (Å²) in [5, 5.41) is 15.3. The van der Waals surface area contributed by atoms with Crippen LogP contribution in [0, 0.1) is 0 Å². The molecule has 0 spiro atoms. The first-order valence-electron chi connectivity index (χ1n) is 6.27. The third kappa shape index (κ3) is 3.55. The topological polar surface area (TPSA) is 64.9 Å². The van der Waals surface area contributed by atoms with Gasteiger partial charge in [-0.1, -0.05) is 0 Å². The molecule has 0 saturated carbocycles. The standard InChI is InChI=1S/C13H18BrN5O/c1-13(2,3)15-8-12-16-17-18-19(12)11-7-9(20-4)5-6-10(11)14/h5-7,15H,8H2,1-4H3. The molecule has 0 aliphatic heterocycles. The van der Waals surface area contributed by atoms with Gasteiger partial charge in [-0.2, -0.15) is 4.68 Å². The van der Waals surface area contributed by atoms with E-state index in [2.05, 4.69) is 57.5 Å². The molecule has 1 N–H and O–H groups in total. The highest BCUT2D eigenvalue weighted by molar-refractivity contribution is 9.10. The predicted molar refractivity (Wildman–Crippen MR) is 80.0 cm³/mol. The number of tetrazole rings is 1. The van der Waals surface area contributed by atoms with Gasteiger partial charge in [-0.05, 0) is 59.3 Å². The summed E-state index contributed by atoms with van der Waals surface area (Å²) < 4.78 is 7.85. The lowest BCUT2D eigenvalue weighted by atomic mass is 10.1. The molecule has 20 heavy (non-hydrogen) atoms. The highest BCUT2D eigenvalue weighted by Gasteiger charge is 2.15. The molecule has 2 aromatic rings. The van der Waals surface area contributed by atoms with Crippen LogP contribution in [-0.4, -0.2) is 32.9 Å². The Hall–Kier alpha value is -1.47. The van der Waals surface area contributed by atoms with Gasteiger partial charge in [-0.25, -0.2) is 0 Å². The summed E-state index contributed by atoms with van der Waals surface area (Å²) in [5.74, 6) is 1.50. The Bertz CT molecular complexity index is 591. The van der Waals surface area contributed by atoms with Gasteiger partial charge in [0.25, 0.3) is 0 Å². The number of methoxy groups -OCH3 is 1. The summed E-state index contributed by atoms with van der Waals surface area (Å²) in [6.45, 7) is 6.88. The van der Waals surface area contributed by atoms with Crippen LogP contribution in [0.25, 0.3) is 5.69 Å². The zero-order valence-electron chi connectivity index (χ0n) is 12.0. The molecule has 1 aromatic carbocycles. The Morgan fingerprint density at radius 3 is 2.75 bits per heavy atom. The number of halogens is 1. The number of benzene rings is 1. The van der Waals surface area contributed by atoms with Crippen molar-refractivity contribution in [1.82, 2.24) is 25.5 Å². The van der Waals surface area contributed by atoms with Crippen molar-refractivity contribution < 1.29 is 4.74 Å². The van der Waals surface area contributed by atoms with Gasteiger partial charge in [-0.3, -0.25) is 0 Å². The summed E-state index contributed by atoms with van der Waals surface area (Å²) >= 11 is 3.51. The number of aromatic nitrogens is 4. The summed E-state index contributed by atoms with van der Waals surface area (Å²) in [4.78, 5) is 0. The normalized spacial score (nSPS) is 11.7. The molecule has 0 unspecified atom stereocenters. The highest BCUT2D eigenvalue weighted by atomic mass is 79.9. The molecule has 108 valence electrons. The van der Waals surface area contributed by atoms with Gasteiger partial charge in [0.05, 0.1) is 19.3 Å². The lowest BCUT2D eigenvalue weighted by Crippen LogP contribution is -2.36. The number of nitrogens with zero attached hydrogens (tertiary/aromatic N) is 4. The van der Waals surface area contributed by atoms with E-state index in [1.54, 1.807) is 11.8 Å². The molecule has 0 saturated heterocycles. The van der Waals surface area contributed by atoms with Crippen molar-refractivity contribution >= 4 is 15.9 Å². The molecule has 0 aliphatic carbocycles. The van der Waals surface area contributed by atoms with Crippen LogP contribution in [0.2, 0.25) is 0 Å². The van der Waals surface area contributed by atoms with E-state index in [1.807, 2.05) is 18.2 Å². The first kappa shape index (κ1) is 14.9.